The van der Waals surface area contributed by atoms with E-state index >= 15 is 0 Å². The Kier molecular flexibility index (Phi) is 11.3. The molecular weight excluding hydrogens is 1070 g/mol. The second kappa shape index (κ2) is 18.0. The van der Waals surface area contributed by atoms with Gasteiger partial charge in [-0.3, -0.25) is 0 Å². The minimum atomic E-state index is -0.523. The fourth-order valence-electron chi connectivity index (χ4n) is 16.5. The summed E-state index contributed by atoms with van der Waals surface area (Å²) >= 11 is 0. The van der Waals surface area contributed by atoms with Crippen LogP contribution in [-0.2, 0) is 37.9 Å². The van der Waals surface area contributed by atoms with Crippen molar-refractivity contribution in [2.45, 2.75) is 163 Å². The Labute approximate surface area is 528 Å². The summed E-state index contributed by atoms with van der Waals surface area (Å²) in [6, 6.07) is 73.9. The van der Waals surface area contributed by atoms with E-state index in [2.05, 4.69) is 307 Å². The summed E-state index contributed by atoms with van der Waals surface area (Å²) in [4.78, 5) is 0. The van der Waals surface area contributed by atoms with Crippen LogP contribution in [0.15, 0.2) is 182 Å². The topological polar surface area (TPSA) is 0 Å². The van der Waals surface area contributed by atoms with Gasteiger partial charge < -0.3 is 0 Å². The van der Waals surface area contributed by atoms with Crippen LogP contribution in [0.2, 0.25) is 0 Å². The van der Waals surface area contributed by atoms with Gasteiger partial charge in [0.2, 0.25) is 0 Å². The van der Waals surface area contributed by atoms with Crippen LogP contribution >= 0.6 is 0 Å². The lowest BCUT2D eigenvalue weighted by Gasteiger charge is -2.33. The average molecular weight is 1150 g/mol. The van der Waals surface area contributed by atoms with Crippen molar-refractivity contribution in [3.8, 4) is 66.8 Å². The van der Waals surface area contributed by atoms with Crippen molar-refractivity contribution >= 4 is 64.6 Å². The van der Waals surface area contributed by atoms with Gasteiger partial charge in [0.15, 0.2) is 0 Å². The quantitative estimate of drug-likeness (QED) is 0.120. The number of fused-ring (bicyclic) bond motifs is 18. The van der Waals surface area contributed by atoms with E-state index in [1.165, 1.54) is 187 Å². The van der Waals surface area contributed by atoms with Crippen molar-refractivity contribution < 1.29 is 0 Å². The van der Waals surface area contributed by atoms with Crippen molar-refractivity contribution in [3.63, 3.8) is 0 Å². The Balaban J connectivity index is 1.03. The number of rotatable bonds is 2. The molecule has 13 aromatic carbocycles. The van der Waals surface area contributed by atoms with Crippen LogP contribution in [0.3, 0.4) is 0 Å². The summed E-state index contributed by atoms with van der Waals surface area (Å²) in [5.41, 5.74) is 28.9. The maximum absolute atomic E-state index is 2.69. The lowest BCUT2D eigenvalue weighted by atomic mass is 9.68. The highest BCUT2D eigenvalue weighted by molar-refractivity contribution is 6.39. The third-order valence-electron chi connectivity index (χ3n) is 21.4. The minimum Gasteiger partial charge on any atom is -0.0619 e. The van der Waals surface area contributed by atoms with Gasteiger partial charge in [0, 0.05) is 0 Å². The molecule has 0 saturated heterocycles. The largest absolute Gasteiger partial charge is 0.0726 e. The fraction of sp³-hybridized carbons (Fsp3) is 0.281. The first-order valence-electron chi connectivity index (χ1n) is 32.9. The van der Waals surface area contributed by atoms with E-state index in [0.29, 0.717) is 0 Å². The van der Waals surface area contributed by atoms with Crippen molar-refractivity contribution in [3.05, 3.63) is 238 Å². The Morgan fingerprint density at radius 1 is 0.202 bits per heavy atom. The highest BCUT2D eigenvalue weighted by Crippen LogP contribution is 2.66. The van der Waals surface area contributed by atoms with E-state index in [-0.39, 0.29) is 32.5 Å². The van der Waals surface area contributed by atoms with E-state index in [0.717, 1.165) is 0 Å². The normalized spacial score (nSPS) is 14.5. The van der Waals surface area contributed by atoms with Gasteiger partial charge in [0.25, 0.3) is 0 Å². The second-order valence-corrected chi connectivity index (χ2v) is 33.3. The molecule has 0 nitrogen and oxygen atoms in total. The molecule has 13 aromatic rings. The van der Waals surface area contributed by atoms with Gasteiger partial charge in [-0.2, -0.15) is 0 Å². The molecule has 0 heterocycles. The van der Waals surface area contributed by atoms with Crippen molar-refractivity contribution in [1.82, 2.24) is 0 Å². The van der Waals surface area contributed by atoms with Crippen molar-refractivity contribution in [2.75, 3.05) is 0 Å². The Hall–Kier alpha value is -8.32. The second-order valence-electron chi connectivity index (χ2n) is 33.3. The van der Waals surface area contributed by atoms with E-state index in [9.17, 15) is 0 Å². The zero-order chi connectivity index (χ0) is 62.3. The maximum atomic E-state index is 2.69. The lowest BCUT2D eigenvalue weighted by molar-refractivity contribution is 0.568. The predicted octanol–water partition coefficient (Wildman–Crippen LogP) is 25.2. The molecule has 0 atom stereocenters. The molecule has 0 unspecified atom stereocenters. The van der Waals surface area contributed by atoms with E-state index in [4.69, 9.17) is 0 Å². The maximum Gasteiger partial charge on any atom is 0.0726 e. The predicted molar refractivity (Wildman–Crippen MR) is 386 cm³/mol. The molecule has 0 aliphatic heterocycles. The van der Waals surface area contributed by atoms with Crippen molar-refractivity contribution in [1.29, 1.82) is 0 Å². The van der Waals surface area contributed by atoms with Gasteiger partial charge in [0.1, 0.15) is 0 Å². The van der Waals surface area contributed by atoms with Crippen molar-refractivity contribution in [2.24, 2.45) is 0 Å². The van der Waals surface area contributed by atoms with Gasteiger partial charge in [-0.15, -0.1) is 0 Å². The monoisotopic (exact) mass is 1150 g/mol. The third-order valence-corrected chi connectivity index (χ3v) is 21.4. The fourth-order valence-corrected chi connectivity index (χ4v) is 16.5. The van der Waals surface area contributed by atoms with Crippen LogP contribution in [0.5, 0.6) is 0 Å². The molecule has 0 aromatic heterocycles. The smallest absolute Gasteiger partial charge is 0.0619 e. The molecule has 89 heavy (non-hydrogen) atoms. The van der Waals surface area contributed by atoms with Gasteiger partial charge in [-0.1, -0.05) is 288 Å². The molecule has 440 valence electrons. The summed E-state index contributed by atoms with van der Waals surface area (Å²) in [5, 5.41) is 15.9. The summed E-state index contributed by atoms with van der Waals surface area (Å²) in [6.45, 7) is 42.7. The summed E-state index contributed by atoms with van der Waals surface area (Å²) < 4.78 is 0. The lowest BCUT2D eigenvalue weighted by Crippen LogP contribution is -2.27. The zero-order valence-electron chi connectivity index (χ0n) is 55.8. The van der Waals surface area contributed by atoms with Crippen LogP contribution in [0.4, 0.5) is 0 Å². The summed E-state index contributed by atoms with van der Waals surface area (Å²) in [5.74, 6) is 0. The first-order chi connectivity index (χ1) is 41.9. The van der Waals surface area contributed by atoms with E-state index in [1.54, 1.807) is 0 Å². The van der Waals surface area contributed by atoms with Gasteiger partial charge >= 0.3 is 0 Å². The molecule has 1 spiro atoms. The highest BCUT2D eigenvalue weighted by Gasteiger charge is 2.53. The third kappa shape index (κ3) is 7.84. The molecule has 0 saturated carbocycles. The summed E-state index contributed by atoms with van der Waals surface area (Å²) in [6.07, 6.45) is 0. The number of hydrogen-bond acceptors (Lipinski definition) is 0. The van der Waals surface area contributed by atoms with Gasteiger partial charge in [0.05, 0.1) is 5.41 Å². The molecular formula is C89H84. The number of hydrogen-bond donors (Lipinski definition) is 0. The molecule has 0 heteroatoms. The molecule has 0 bridgehead atoms. The first kappa shape index (κ1) is 56.0. The van der Waals surface area contributed by atoms with Gasteiger partial charge in [-0.25, -0.2) is 0 Å². The SMILES string of the molecule is CC(C)(C)c1cc(-c2c3ccccc3c(-c3cc(C(C)(C)C)cc(C(C)(C)C)c3)c3cc4c(cc23)-c2ccc3c5cccc6c7c(cc(c8ccc-4c2c38)c65)C2(c3cc(C(C)(C)C)ccc3-c3ccc(C(C)(C)C)cc32)c2ccccc2-7)cc(C(C)(C)C)c1. The molecule has 0 N–H and O–H groups in total. The van der Waals surface area contributed by atoms with Crippen LogP contribution in [-0.4, -0.2) is 0 Å². The number of benzene rings is 13. The average Bonchev–Trinajstić information content (AvgIpc) is 1.51. The minimum absolute atomic E-state index is 0.0336. The molecule has 3 aliphatic rings. The Morgan fingerprint density at radius 2 is 0.596 bits per heavy atom. The molecule has 3 aliphatic carbocycles. The molecule has 0 radical (unpaired) electrons. The Bertz CT molecular complexity index is 5000. The standard InChI is InChI=1S/C89H84/c1-83(2,3)51-30-32-57-58-33-31-52(84(4,5)6)45-75(58)89(74(57)44-51)73-29-22-21-26-66(73)80-67-28-23-27-61-62-34-35-63-68-46-70-71(47-69(68)64-36-37-65(81(62)82(63)64)72(79(61)67)48-76(80)89)78(50-40-55(87(13,14)15)43-56(41-50)88(16,17)18)60-25-20-19-24-59(60)77(70)49-38-53(85(7,8)9)42-54(39-49)86(10,11)12/h19-48H,1-18H3. The molecule has 0 amide bonds. The van der Waals surface area contributed by atoms with Crippen LogP contribution in [0, 0.1) is 0 Å². The molecule has 16 rings (SSSR count). The molecule has 0 fully saturated rings. The Morgan fingerprint density at radius 3 is 1.06 bits per heavy atom. The van der Waals surface area contributed by atoms with E-state index in [1.807, 2.05) is 0 Å². The van der Waals surface area contributed by atoms with Gasteiger partial charge in [-0.05, 0) is 238 Å². The first-order valence-corrected chi connectivity index (χ1v) is 32.9. The summed E-state index contributed by atoms with van der Waals surface area (Å²) in [7, 11) is 0. The van der Waals surface area contributed by atoms with Crippen LogP contribution in [0.25, 0.3) is 131 Å². The van der Waals surface area contributed by atoms with E-state index < -0.39 is 5.41 Å². The van der Waals surface area contributed by atoms with Crippen LogP contribution < -0.4 is 0 Å². The zero-order valence-corrected chi connectivity index (χ0v) is 55.8. The van der Waals surface area contributed by atoms with Crippen LogP contribution in [0.1, 0.15) is 180 Å². The highest BCUT2D eigenvalue weighted by atomic mass is 14.5.